The number of nitrogens with one attached hydrogen (secondary N) is 6. The summed E-state index contributed by atoms with van der Waals surface area (Å²) in [6, 6.07) is -6.90. The Labute approximate surface area is 387 Å². The van der Waals surface area contributed by atoms with Crippen molar-refractivity contribution in [1.29, 1.82) is 0 Å². The van der Waals surface area contributed by atoms with Gasteiger partial charge in [0.15, 0.2) is 0 Å². The molecule has 0 aromatic heterocycles. The number of benzene rings is 1. The lowest BCUT2D eigenvalue weighted by Gasteiger charge is -2.27. The van der Waals surface area contributed by atoms with Gasteiger partial charge in [0.2, 0.25) is 35.4 Å². The average Bonchev–Trinajstić information content (AvgIpc) is 3.22. The number of alkyl halides is 1. The molecule has 29 heteroatoms. The van der Waals surface area contributed by atoms with Crippen molar-refractivity contribution in [2.45, 2.75) is 101 Å². The van der Waals surface area contributed by atoms with E-state index in [0.717, 1.165) is 31.2 Å². The third kappa shape index (κ3) is 18.3. The van der Waals surface area contributed by atoms with Gasteiger partial charge in [-0.15, -0.1) is 11.8 Å². The molecule has 0 radical (unpaired) electrons. The highest BCUT2D eigenvalue weighted by molar-refractivity contribution is 8.00. The van der Waals surface area contributed by atoms with E-state index in [0.29, 0.717) is 11.8 Å². The summed E-state index contributed by atoms with van der Waals surface area (Å²) < 4.78 is 19.1. The minimum atomic E-state index is -4.23. The Morgan fingerprint density at radius 2 is 1.19 bits per heavy atom. The standard InChI is InChI=1S/C39H49FN8O19S/c1-16(2)10-21-34(60)48-25(30(41)56)14-68-15-26(49)43-23(12-28(52)53)33(59)42-17(3)31(57)45-24(13-29(54)55)36(62)44-20(8-9-27(50)51)32(58)47-22(35(61)46-21)11-18-4-6-19(7-5-18)67-39(40,37(63)64)38(65)66/h4-7,16-17,20-24H,8-15H2,1-3H3,(H2,41,56)(H,42,59)(H,43,49)(H,44,62)(H,45,57)(H,46,61)(H,47,58)(H,50,51)(H,52,53)(H,54,55)(H,63,64)(H,65,66)/t17-,20-,21-,22-,23-,24-/m0/s1. The highest BCUT2D eigenvalue weighted by Gasteiger charge is 2.51. The Bertz CT molecular complexity index is 2180. The molecule has 1 aromatic rings. The summed E-state index contributed by atoms with van der Waals surface area (Å²) in [5.74, 6) is -25.9. The van der Waals surface area contributed by atoms with Gasteiger partial charge in [-0.05, 0) is 43.4 Å². The summed E-state index contributed by atoms with van der Waals surface area (Å²) in [5, 5.41) is 59.7. The van der Waals surface area contributed by atoms with E-state index in [9.17, 15) is 82.0 Å². The van der Waals surface area contributed by atoms with Gasteiger partial charge in [0.05, 0.1) is 18.6 Å². The molecule has 27 nitrogen and oxygen atoms in total. The molecular formula is C39H49FN8O19S. The number of carboxylic acids is 5. The number of primary amides is 1. The van der Waals surface area contributed by atoms with Crippen molar-refractivity contribution in [3.05, 3.63) is 29.8 Å². The van der Waals surface area contributed by atoms with Crippen molar-refractivity contribution < 1.29 is 97.0 Å². The van der Waals surface area contributed by atoms with Crippen LogP contribution in [0.5, 0.6) is 5.75 Å². The van der Waals surface area contributed by atoms with Crippen LogP contribution in [0.15, 0.2) is 29.3 Å². The molecule has 0 saturated carbocycles. The number of amides is 8. The maximum Gasteiger partial charge on any atom is 0.443 e. The van der Waals surface area contributed by atoms with Gasteiger partial charge in [0.25, 0.3) is 11.8 Å². The summed E-state index contributed by atoms with van der Waals surface area (Å²) in [5.41, 5.74) is 4.89. The van der Waals surface area contributed by atoms with E-state index in [4.69, 9.17) is 15.9 Å². The smallest absolute Gasteiger partial charge is 0.443 e. The zero-order chi connectivity index (χ0) is 51.6. The Morgan fingerprint density at radius 3 is 1.71 bits per heavy atom. The van der Waals surface area contributed by atoms with Gasteiger partial charge in [-0.2, -0.15) is 4.39 Å². The number of hydrogen-bond acceptors (Lipinski definition) is 15. The fraction of sp³-hybridized carbons (Fsp3) is 0.487. The van der Waals surface area contributed by atoms with E-state index in [-0.39, 0.29) is 12.0 Å². The molecule has 0 fully saturated rings. The number of aliphatic imine (C=N–C) groups is 1. The molecule has 0 bridgehead atoms. The summed E-state index contributed by atoms with van der Waals surface area (Å²) in [6.45, 7) is 4.28. The summed E-state index contributed by atoms with van der Waals surface area (Å²) in [4.78, 5) is 168. The van der Waals surface area contributed by atoms with E-state index in [1.54, 1.807) is 13.8 Å². The van der Waals surface area contributed by atoms with Gasteiger partial charge in [0.1, 0.15) is 47.7 Å². The second-order valence-electron chi connectivity index (χ2n) is 15.3. The molecule has 372 valence electrons. The first kappa shape index (κ1) is 56.4. The van der Waals surface area contributed by atoms with Crippen molar-refractivity contribution in [2.24, 2.45) is 16.6 Å². The molecule has 6 atom stereocenters. The van der Waals surface area contributed by atoms with Gasteiger partial charge in [0, 0.05) is 18.6 Å². The van der Waals surface area contributed by atoms with Crippen molar-refractivity contribution in [3.63, 3.8) is 0 Å². The van der Waals surface area contributed by atoms with Crippen LogP contribution in [0.1, 0.15) is 58.4 Å². The first-order valence-electron chi connectivity index (χ1n) is 20.0. The molecule has 0 saturated heterocycles. The second kappa shape index (κ2) is 25.8. The maximum atomic E-state index is 14.6. The van der Waals surface area contributed by atoms with Crippen molar-refractivity contribution in [3.8, 4) is 5.75 Å². The monoisotopic (exact) mass is 984 g/mol. The van der Waals surface area contributed by atoms with Gasteiger partial charge >= 0.3 is 35.7 Å². The predicted molar refractivity (Wildman–Crippen MR) is 227 cm³/mol. The molecule has 0 aliphatic carbocycles. The van der Waals surface area contributed by atoms with Crippen LogP contribution in [0.3, 0.4) is 0 Å². The fourth-order valence-corrected chi connectivity index (χ4v) is 6.59. The topological polar surface area (TPSA) is 443 Å². The molecular weight excluding hydrogens is 936 g/mol. The van der Waals surface area contributed by atoms with Gasteiger partial charge in [-0.25, -0.2) is 14.6 Å². The number of carbonyl (C=O) groups is 13. The molecule has 68 heavy (non-hydrogen) atoms. The van der Waals surface area contributed by atoms with Crippen LogP contribution in [0, 0.1) is 5.92 Å². The zero-order valence-corrected chi connectivity index (χ0v) is 37.1. The second-order valence-corrected chi connectivity index (χ2v) is 16.2. The minimum Gasteiger partial charge on any atom is -0.481 e. The number of aliphatic carboxylic acids is 5. The summed E-state index contributed by atoms with van der Waals surface area (Å²) >= 11 is 0.632. The van der Waals surface area contributed by atoms with E-state index >= 15 is 0 Å². The largest absolute Gasteiger partial charge is 0.481 e. The third-order valence-electron chi connectivity index (χ3n) is 9.20. The average molecular weight is 985 g/mol. The van der Waals surface area contributed by atoms with Crippen LogP contribution in [-0.4, -0.2) is 162 Å². The number of ether oxygens (including phenoxy) is 1. The van der Waals surface area contributed by atoms with Gasteiger partial charge in [-0.3, -0.25) is 52.7 Å². The first-order chi connectivity index (χ1) is 31.6. The third-order valence-corrected chi connectivity index (χ3v) is 10.1. The SMILES string of the molecule is CC(C)C[C@@H]1NC(=O)[C@H](Cc2ccc(OC(F)(C(=O)O)C(=O)O)cc2)NC(=O)[C@H](CCC(=O)O)NC(=O)[C@H](CC(=O)O)NC(=O)[C@H](C)NC(=O)[C@H](CC(=O)O)NC(=O)CSCC(C(N)=O)=NC1=O. The molecule has 0 unspecified atom stereocenters. The Hall–Kier alpha value is -7.72. The van der Waals surface area contributed by atoms with Crippen LogP contribution in [-0.2, 0) is 68.7 Å². The number of carbonyl (C=O) groups excluding carboxylic acids is 8. The molecule has 1 aromatic carbocycles. The lowest BCUT2D eigenvalue weighted by Crippen LogP contribution is -2.59. The Balaban J connectivity index is 2.77. The van der Waals surface area contributed by atoms with E-state index in [2.05, 4.69) is 41.6 Å². The molecule has 8 amide bonds. The van der Waals surface area contributed by atoms with Crippen LogP contribution >= 0.6 is 11.8 Å². The van der Waals surface area contributed by atoms with Crippen LogP contribution in [0.2, 0.25) is 0 Å². The van der Waals surface area contributed by atoms with Crippen molar-refractivity contribution in [2.75, 3.05) is 11.5 Å². The molecule has 1 aliphatic heterocycles. The fourth-order valence-electron chi connectivity index (χ4n) is 5.82. The molecule has 0 spiro atoms. The number of hydrogen-bond donors (Lipinski definition) is 12. The molecule has 13 N–H and O–H groups in total. The van der Waals surface area contributed by atoms with Crippen molar-refractivity contribution in [1.82, 2.24) is 31.9 Å². The van der Waals surface area contributed by atoms with Crippen LogP contribution in [0.4, 0.5) is 4.39 Å². The van der Waals surface area contributed by atoms with Gasteiger partial charge < -0.3 is 67.9 Å². The quantitative estimate of drug-likeness (QED) is 0.0713. The summed E-state index contributed by atoms with van der Waals surface area (Å²) in [7, 11) is 0. The summed E-state index contributed by atoms with van der Waals surface area (Å²) in [6.07, 6.45) is -4.52. The molecule has 1 heterocycles. The number of nitrogens with two attached hydrogens (primary N) is 1. The Kier molecular flexibility index (Phi) is 21.4. The molecule has 2 rings (SSSR count). The molecule has 1 aliphatic rings. The van der Waals surface area contributed by atoms with Gasteiger partial charge in [-0.1, -0.05) is 26.0 Å². The highest BCUT2D eigenvalue weighted by atomic mass is 32.2. The number of rotatable bonds is 16. The Morgan fingerprint density at radius 1 is 0.706 bits per heavy atom. The van der Waals surface area contributed by atoms with Crippen LogP contribution in [0.25, 0.3) is 0 Å². The lowest BCUT2D eigenvalue weighted by molar-refractivity contribution is -0.191. The van der Waals surface area contributed by atoms with E-state index in [1.165, 1.54) is 0 Å². The number of nitrogens with zero attached hydrogens (tertiary/aromatic N) is 1. The lowest BCUT2D eigenvalue weighted by atomic mass is 10.0. The number of halogens is 1. The minimum absolute atomic E-state index is 0.0498. The normalized spacial score (nSPS) is 22.1. The van der Waals surface area contributed by atoms with E-state index < -0.39 is 180 Å². The van der Waals surface area contributed by atoms with Crippen LogP contribution < -0.4 is 42.4 Å². The zero-order valence-electron chi connectivity index (χ0n) is 36.3. The first-order valence-corrected chi connectivity index (χ1v) is 21.2. The highest BCUT2D eigenvalue weighted by Crippen LogP contribution is 2.22. The number of carboxylic acid groups (broad SMARTS) is 5. The predicted octanol–water partition coefficient (Wildman–Crippen LogP) is -3.57. The maximum absolute atomic E-state index is 14.6. The van der Waals surface area contributed by atoms with E-state index in [1.807, 2.05) is 0 Å². The van der Waals surface area contributed by atoms with Crippen molar-refractivity contribution >= 4 is 94.6 Å². The number of thioether (sulfide) groups is 1.